The fourth-order valence-corrected chi connectivity index (χ4v) is 5.65. The van der Waals surface area contributed by atoms with E-state index in [-0.39, 0.29) is 11.5 Å². The van der Waals surface area contributed by atoms with Crippen LogP contribution in [-0.2, 0) is 24.3 Å². The molecule has 3 unspecified atom stereocenters. The molecule has 1 aromatic heterocycles. The van der Waals surface area contributed by atoms with Crippen LogP contribution >= 0.6 is 0 Å². The van der Waals surface area contributed by atoms with Crippen LogP contribution < -0.4 is 20.6 Å². The van der Waals surface area contributed by atoms with E-state index in [1.807, 2.05) is 60.0 Å². The highest BCUT2D eigenvalue weighted by Gasteiger charge is 2.37. The molecule has 0 aliphatic carbocycles. The summed E-state index contributed by atoms with van der Waals surface area (Å²) in [6, 6.07) is 21.3. The standard InChI is InChI=1S/C29H32N4O3/c1-2-36-27-12-11-22(16-30-31-28(34)15-21-7-4-3-5-8-21)13-25(27)20-32-17-23-14-24(19-32)26-9-6-10-29(35)33(26)18-23/h3-13,16,23-24H,2,14-15,17-20H2,1H3,(H,31,34)/p+1. The van der Waals surface area contributed by atoms with Gasteiger partial charge in [-0.1, -0.05) is 36.4 Å². The normalized spacial score (nSPS) is 20.6. The minimum Gasteiger partial charge on any atom is -0.493 e. The SMILES string of the molecule is CCOc1ccc(C=NNC(=O)Cc2ccccc2)cc1C[NH+]1CC2CC(C1)c1cccc(=O)n1C2. The van der Waals surface area contributed by atoms with Crippen LogP contribution in [-0.4, -0.2) is 36.4 Å². The average molecular weight is 486 g/mol. The molecule has 1 fully saturated rings. The van der Waals surface area contributed by atoms with Crippen LogP contribution in [0.3, 0.4) is 0 Å². The van der Waals surface area contributed by atoms with Gasteiger partial charge in [0.1, 0.15) is 12.3 Å². The molecule has 36 heavy (non-hydrogen) atoms. The lowest BCUT2D eigenvalue weighted by molar-refractivity contribution is -0.924. The Labute approximate surface area is 211 Å². The van der Waals surface area contributed by atoms with E-state index in [0.29, 0.717) is 24.9 Å². The molecule has 2 bridgehead atoms. The molecule has 7 heteroatoms. The van der Waals surface area contributed by atoms with Gasteiger partial charge in [0.2, 0.25) is 5.91 Å². The molecule has 2 aromatic carbocycles. The van der Waals surface area contributed by atoms with E-state index < -0.39 is 0 Å². The molecular formula is C29H33N4O3+. The van der Waals surface area contributed by atoms with Crippen molar-refractivity contribution >= 4 is 12.1 Å². The summed E-state index contributed by atoms with van der Waals surface area (Å²) >= 11 is 0. The van der Waals surface area contributed by atoms with E-state index >= 15 is 0 Å². The maximum absolute atomic E-state index is 12.3. The summed E-state index contributed by atoms with van der Waals surface area (Å²) in [6.07, 6.45) is 3.13. The first kappa shape index (κ1) is 24.0. The number of rotatable bonds is 8. The largest absolute Gasteiger partial charge is 0.493 e. The molecule has 2 aliphatic rings. The number of hydrazone groups is 1. The first-order valence-corrected chi connectivity index (χ1v) is 12.7. The third-order valence-electron chi connectivity index (χ3n) is 7.11. The van der Waals surface area contributed by atoms with E-state index in [4.69, 9.17) is 4.74 Å². The van der Waals surface area contributed by atoms with Crippen LogP contribution in [0.15, 0.2) is 76.6 Å². The third-order valence-corrected chi connectivity index (χ3v) is 7.11. The Bertz CT molecular complexity index is 1300. The lowest BCUT2D eigenvalue weighted by Crippen LogP contribution is -3.13. The number of likely N-dealkylation sites (tertiary alicyclic amines) is 1. The van der Waals surface area contributed by atoms with Crippen molar-refractivity contribution in [1.29, 1.82) is 0 Å². The zero-order valence-corrected chi connectivity index (χ0v) is 20.7. The summed E-state index contributed by atoms with van der Waals surface area (Å²) in [5.74, 6) is 1.66. The number of aromatic nitrogens is 1. The molecule has 1 saturated heterocycles. The number of nitrogens with one attached hydrogen (secondary N) is 2. The number of carbonyl (C=O) groups is 1. The molecule has 186 valence electrons. The van der Waals surface area contributed by atoms with Gasteiger partial charge in [0.05, 0.1) is 32.3 Å². The number of fused-ring (bicyclic) bond motifs is 4. The minimum absolute atomic E-state index is 0.118. The molecule has 0 radical (unpaired) electrons. The number of benzene rings is 2. The van der Waals surface area contributed by atoms with Crippen LogP contribution in [0.2, 0.25) is 0 Å². The maximum atomic E-state index is 12.3. The van der Waals surface area contributed by atoms with Crippen molar-refractivity contribution in [2.45, 2.75) is 38.8 Å². The first-order chi connectivity index (χ1) is 17.6. The van der Waals surface area contributed by atoms with E-state index in [1.165, 1.54) is 10.6 Å². The van der Waals surface area contributed by atoms with Gasteiger partial charge in [0.15, 0.2) is 0 Å². The van der Waals surface area contributed by atoms with Gasteiger partial charge in [-0.05, 0) is 48.7 Å². The highest BCUT2D eigenvalue weighted by molar-refractivity contribution is 5.83. The molecule has 3 heterocycles. The Balaban J connectivity index is 1.27. The van der Waals surface area contributed by atoms with Crippen LogP contribution in [0, 0.1) is 5.92 Å². The average Bonchev–Trinajstić information content (AvgIpc) is 2.87. The quantitative estimate of drug-likeness (QED) is 0.379. The van der Waals surface area contributed by atoms with Gasteiger partial charge in [0.25, 0.3) is 5.56 Å². The number of hydrogen-bond donors (Lipinski definition) is 2. The highest BCUT2D eigenvalue weighted by atomic mass is 16.5. The molecule has 3 atom stereocenters. The van der Waals surface area contributed by atoms with Gasteiger partial charge in [-0.25, -0.2) is 5.43 Å². The second-order valence-electron chi connectivity index (χ2n) is 9.79. The zero-order valence-electron chi connectivity index (χ0n) is 20.7. The van der Waals surface area contributed by atoms with Gasteiger partial charge in [0, 0.05) is 35.7 Å². The third kappa shape index (κ3) is 5.57. The maximum Gasteiger partial charge on any atom is 0.250 e. The molecule has 0 spiro atoms. The molecule has 7 nitrogen and oxygen atoms in total. The number of pyridine rings is 1. The van der Waals surface area contributed by atoms with E-state index in [9.17, 15) is 9.59 Å². The van der Waals surface area contributed by atoms with Crippen LogP contribution in [0.4, 0.5) is 0 Å². The number of piperidine rings is 1. The number of nitrogens with zero attached hydrogens (tertiary/aromatic N) is 2. The summed E-state index contributed by atoms with van der Waals surface area (Å²) in [6.45, 7) is 6.29. The number of ether oxygens (including phenoxy) is 1. The number of quaternary nitrogens is 1. The predicted molar refractivity (Wildman–Crippen MR) is 139 cm³/mol. The Morgan fingerprint density at radius 2 is 2.00 bits per heavy atom. The monoisotopic (exact) mass is 485 g/mol. The molecule has 2 aliphatic heterocycles. The molecule has 1 amide bonds. The van der Waals surface area contributed by atoms with Crippen molar-refractivity contribution in [3.63, 3.8) is 0 Å². The number of hydrogen-bond acceptors (Lipinski definition) is 4. The lowest BCUT2D eigenvalue weighted by atomic mass is 9.83. The number of amides is 1. The van der Waals surface area contributed by atoms with Crippen molar-refractivity contribution < 1.29 is 14.4 Å². The first-order valence-electron chi connectivity index (χ1n) is 12.7. The summed E-state index contributed by atoms with van der Waals surface area (Å²) in [5.41, 5.74) is 6.93. The summed E-state index contributed by atoms with van der Waals surface area (Å²) in [4.78, 5) is 26.1. The Morgan fingerprint density at radius 1 is 1.14 bits per heavy atom. The van der Waals surface area contributed by atoms with E-state index in [0.717, 1.165) is 55.0 Å². The van der Waals surface area contributed by atoms with Crippen molar-refractivity contribution in [2.75, 3.05) is 19.7 Å². The second-order valence-corrected chi connectivity index (χ2v) is 9.79. The number of carbonyl (C=O) groups excluding carboxylic acids is 1. The molecule has 3 aromatic rings. The van der Waals surface area contributed by atoms with Gasteiger partial charge in [-0.2, -0.15) is 5.10 Å². The fourth-order valence-electron chi connectivity index (χ4n) is 5.65. The molecule has 0 saturated carbocycles. The van der Waals surface area contributed by atoms with E-state index in [2.05, 4.69) is 22.7 Å². The van der Waals surface area contributed by atoms with Crippen molar-refractivity contribution in [3.05, 3.63) is 99.5 Å². The minimum atomic E-state index is -0.146. The zero-order chi connectivity index (χ0) is 24.9. The molecule has 2 N–H and O–H groups in total. The van der Waals surface area contributed by atoms with Crippen LogP contribution in [0.5, 0.6) is 5.75 Å². The summed E-state index contributed by atoms with van der Waals surface area (Å²) < 4.78 is 7.91. The van der Waals surface area contributed by atoms with Gasteiger partial charge < -0.3 is 14.2 Å². The predicted octanol–water partition coefficient (Wildman–Crippen LogP) is 2.14. The Hall–Kier alpha value is -3.71. The van der Waals surface area contributed by atoms with Crippen molar-refractivity contribution in [3.8, 4) is 5.75 Å². The molecule has 5 rings (SSSR count). The van der Waals surface area contributed by atoms with Gasteiger partial charge in [-0.15, -0.1) is 0 Å². The van der Waals surface area contributed by atoms with Gasteiger partial charge >= 0.3 is 0 Å². The fraction of sp³-hybridized carbons (Fsp3) is 0.345. The molecular weight excluding hydrogens is 452 g/mol. The van der Waals surface area contributed by atoms with E-state index in [1.54, 1.807) is 12.3 Å². The topological polar surface area (TPSA) is 77.1 Å². The highest BCUT2D eigenvalue weighted by Crippen LogP contribution is 2.30. The van der Waals surface area contributed by atoms with Crippen molar-refractivity contribution in [2.24, 2.45) is 11.0 Å². The Morgan fingerprint density at radius 3 is 2.83 bits per heavy atom. The Kier molecular flexibility index (Phi) is 7.28. The lowest BCUT2D eigenvalue weighted by Gasteiger charge is -2.40. The summed E-state index contributed by atoms with van der Waals surface area (Å²) in [7, 11) is 0. The van der Waals surface area contributed by atoms with Gasteiger partial charge in [-0.3, -0.25) is 9.59 Å². The smallest absolute Gasteiger partial charge is 0.250 e. The summed E-state index contributed by atoms with van der Waals surface area (Å²) in [5, 5.41) is 4.18. The van der Waals surface area contributed by atoms with Crippen LogP contribution in [0.25, 0.3) is 0 Å². The van der Waals surface area contributed by atoms with Crippen molar-refractivity contribution in [1.82, 2.24) is 9.99 Å². The van der Waals surface area contributed by atoms with Crippen LogP contribution in [0.1, 0.15) is 41.6 Å². The second kappa shape index (κ2) is 10.9.